The van der Waals surface area contributed by atoms with Crippen LogP contribution in [-0.2, 0) is 10.0 Å². The van der Waals surface area contributed by atoms with Crippen LogP contribution in [0.15, 0.2) is 18.2 Å². The summed E-state index contributed by atoms with van der Waals surface area (Å²) in [5, 5.41) is 10.6. The maximum absolute atomic E-state index is 10.5. The third-order valence-corrected chi connectivity index (χ3v) is 9.62. The van der Waals surface area contributed by atoms with Gasteiger partial charge in [0.1, 0.15) is 0 Å². The standard InChI is InChI=1S/C20H36O4Si/c1-18(2,3)25(9,10)24-20(6,14-19(4,5)21)15-11-12-16(22-7)17(13-15)23-8/h11-13,21H,14H2,1-10H3/t20-/m0/s1. The summed E-state index contributed by atoms with van der Waals surface area (Å²) >= 11 is 0. The van der Waals surface area contributed by atoms with Gasteiger partial charge in [-0.2, -0.15) is 0 Å². The van der Waals surface area contributed by atoms with E-state index in [2.05, 4.69) is 40.8 Å². The van der Waals surface area contributed by atoms with Gasteiger partial charge in [-0.1, -0.05) is 26.8 Å². The maximum Gasteiger partial charge on any atom is 0.193 e. The Balaban J connectivity index is 3.43. The molecule has 1 aromatic rings. The van der Waals surface area contributed by atoms with E-state index in [9.17, 15) is 5.11 Å². The van der Waals surface area contributed by atoms with E-state index >= 15 is 0 Å². The maximum atomic E-state index is 10.5. The SMILES string of the molecule is COc1ccc([C@](C)(CC(C)(C)O)O[Si](C)(C)C(C)(C)C)cc1OC. The first-order valence-electron chi connectivity index (χ1n) is 8.80. The zero-order valence-corrected chi connectivity index (χ0v) is 18.6. The van der Waals surface area contributed by atoms with Crippen molar-refractivity contribution >= 4 is 8.32 Å². The van der Waals surface area contributed by atoms with Crippen molar-refractivity contribution in [1.82, 2.24) is 0 Å². The molecule has 0 spiro atoms. The molecule has 0 aromatic heterocycles. The van der Waals surface area contributed by atoms with Gasteiger partial charge in [-0.15, -0.1) is 0 Å². The van der Waals surface area contributed by atoms with Crippen molar-refractivity contribution in [3.63, 3.8) is 0 Å². The molecule has 0 radical (unpaired) electrons. The second-order valence-electron chi connectivity index (χ2n) is 9.15. The van der Waals surface area contributed by atoms with Crippen LogP contribution in [-0.4, -0.2) is 33.2 Å². The highest BCUT2D eigenvalue weighted by molar-refractivity contribution is 6.74. The van der Waals surface area contributed by atoms with E-state index in [4.69, 9.17) is 13.9 Å². The lowest BCUT2D eigenvalue weighted by atomic mass is 9.85. The Bertz CT molecular complexity index is 584. The van der Waals surface area contributed by atoms with Gasteiger partial charge in [0.05, 0.1) is 25.4 Å². The van der Waals surface area contributed by atoms with Crippen molar-refractivity contribution < 1.29 is 19.0 Å². The third kappa shape index (κ3) is 5.46. The number of aliphatic hydroxyl groups is 1. The van der Waals surface area contributed by atoms with Crippen molar-refractivity contribution in [2.24, 2.45) is 0 Å². The largest absolute Gasteiger partial charge is 0.493 e. The predicted octanol–water partition coefficient (Wildman–Crippen LogP) is 5.10. The minimum absolute atomic E-state index is 0.0738. The molecule has 1 N–H and O–H groups in total. The molecule has 0 heterocycles. The molecule has 0 saturated heterocycles. The summed E-state index contributed by atoms with van der Waals surface area (Å²) in [4.78, 5) is 0. The zero-order chi connectivity index (χ0) is 19.7. The van der Waals surface area contributed by atoms with Crippen LogP contribution in [0.4, 0.5) is 0 Å². The highest BCUT2D eigenvalue weighted by Gasteiger charge is 2.45. The Morgan fingerprint density at radius 1 is 0.920 bits per heavy atom. The van der Waals surface area contributed by atoms with Crippen LogP contribution >= 0.6 is 0 Å². The molecular weight excluding hydrogens is 332 g/mol. The van der Waals surface area contributed by atoms with Crippen LogP contribution in [0.1, 0.15) is 53.5 Å². The van der Waals surface area contributed by atoms with Gasteiger partial charge < -0.3 is 19.0 Å². The molecule has 4 nitrogen and oxygen atoms in total. The first-order valence-corrected chi connectivity index (χ1v) is 11.7. The number of hydrogen-bond donors (Lipinski definition) is 1. The Morgan fingerprint density at radius 3 is 1.84 bits per heavy atom. The monoisotopic (exact) mass is 368 g/mol. The second-order valence-corrected chi connectivity index (χ2v) is 13.9. The molecule has 1 aromatic carbocycles. The van der Waals surface area contributed by atoms with Gasteiger partial charge in [0, 0.05) is 6.42 Å². The molecule has 0 fully saturated rings. The summed E-state index contributed by atoms with van der Waals surface area (Å²) in [6, 6.07) is 5.85. The van der Waals surface area contributed by atoms with Crippen molar-refractivity contribution in [1.29, 1.82) is 0 Å². The average Bonchev–Trinajstić information content (AvgIpc) is 2.42. The zero-order valence-electron chi connectivity index (χ0n) is 17.6. The van der Waals surface area contributed by atoms with Crippen molar-refractivity contribution in [3.05, 3.63) is 23.8 Å². The van der Waals surface area contributed by atoms with Gasteiger partial charge in [-0.3, -0.25) is 0 Å². The minimum Gasteiger partial charge on any atom is -0.493 e. The van der Waals surface area contributed by atoms with Crippen LogP contribution in [0.5, 0.6) is 11.5 Å². The molecule has 0 bridgehead atoms. The van der Waals surface area contributed by atoms with Crippen molar-refractivity contribution in [2.45, 2.75) is 77.3 Å². The molecule has 0 unspecified atom stereocenters. The quantitative estimate of drug-likeness (QED) is 0.680. The molecule has 25 heavy (non-hydrogen) atoms. The molecule has 0 aliphatic carbocycles. The van der Waals surface area contributed by atoms with E-state index in [-0.39, 0.29) is 5.04 Å². The number of benzene rings is 1. The number of hydrogen-bond acceptors (Lipinski definition) is 4. The summed E-state index contributed by atoms with van der Waals surface area (Å²) in [6.07, 6.45) is 0.488. The van der Waals surface area contributed by atoms with Crippen molar-refractivity contribution in [2.75, 3.05) is 14.2 Å². The Morgan fingerprint density at radius 2 is 1.44 bits per heavy atom. The van der Waals surface area contributed by atoms with E-state index in [0.717, 1.165) is 5.56 Å². The van der Waals surface area contributed by atoms with E-state index in [1.54, 1.807) is 14.2 Å². The Labute approximate surface area is 154 Å². The molecule has 0 amide bonds. The number of methoxy groups -OCH3 is 2. The molecular formula is C20H36O4Si. The second kappa shape index (κ2) is 7.29. The molecule has 1 rings (SSSR count). The summed E-state index contributed by atoms with van der Waals surface area (Å²) < 4.78 is 17.6. The molecule has 144 valence electrons. The van der Waals surface area contributed by atoms with Crippen LogP contribution in [0.25, 0.3) is 0 Å². The molecule has 5 heteroatoms. The number of rotatable bonds is 7. The molecule has 0 aliphatic heterocycles. The average molecular weight is 369 g/mol. The van der Waals surface area contributed by atoms with Crippen molar-refractivity contribution in [3.8, 4) is 11.5 Å². The summed E-state index contributed by atoms with van der Waals surface area (Å²) in [5.41, 5.74) is -0.498. The first-order chi connectivity index (χ1) is 11.1. The first kappa shape index (κ1) is 22.0. The van der Waals surface area contributed by atoms with E-state index in [1.165, 1.54) is 0 Å². The fourth-order valence-electron chi connectivity index (χ4n) is 2.90. The topological polar surface area (TPSA) is 47.9 Å². The highest BCUT2D eigenvalue weighted by Crippen LogP contribution is 2.45. The molecule has 1 atom stereocenters. The van der Waals surface area contributed by atoms with Gasteiger partial charge >= 0.3 is 0 Å². The molecule has 0 saturated carbocycles. The highest BCUT2D eigenvalue weighted by atomic mass is 28.4. The summed E-state index contributed by atoms with van der Waals surface area (Å²) in [5.74, 6) is 1.35. The summed E-state index contributed by atoms with van der Waals surface area (Å²) in [7, 11) is 1.20. The van der Waals surface area contributed by atoms with Gasteiger partial charge in [0.25, 0.3) is 0 Å². The predicted molar refractivity (Wildman–Crippen MR) is 106 cm³/mol. The molecule has 0 aliphatic rings. The number of ether oxygens (including phenoxy) is 2. The smallest absolute Gasteiger partial charge is 0.193 e. The van der Waals surface area contributed by atoms with Crippen LogP contribution in [0, 0.1) is 0 Å². The van der Waals surface area contributed by atoms with Crippen LogP contribution < -0.4 is 9.47 Å². The van der Waals surface area contributed by atoms with Gasteiger partial charge in [0.2, 0.25) is 0 Å². The van der Waals surface area contributed by atoms with Gasteiger partial charge in [-0.05, 0) is 56.6 Å². The van der Waals surface area contributed by atoms with Gasteiger partial charge in [0.15, 0.2) is 19.8 Å². The van der Waals surface area contributed by atoms with Crippen LogP contribution in [0.3, 0.4) is 0 Å². The minimum atomic E-state index is -2.06. The normalized spacial score (nSPS) is 15.6. The van der Waals surface area contributed by atoms with E-state index < -0.39 is 19.5 Å². The van der Waals surface area contributed by atoms with Crippen LogP contribution in [0.2, 0.25) is 18.1 Å². The summed E-state index contributed by atoms with van der Waals surface area (Å²) in [6.45, 7) is 16.8. The fourth-order valence-corrected chi connectivity index (χ4v) is 4.53. The van der Waals surface area contributed by atoms with Gasteiger partial charge in [-0.25, -0.2) is 0 Å². The van der Waals surface area contributed by atoms with E-state index in [0.29, 0.717) is 17.9 Å². The fraction of sp³-hybridized carbons (Fsp3) is 0.700. The Hall–Kier alpha value is -1.04. The Kier molecular flexibility index (Phi) is 6.42. The third-order valence-electron chi connectivity index (χ3n) is 5.05. The van der Waals surface area contributed by atoms with E-state index in [1.807, 2.05) is 32.0 Å². The lowest BCUT2D eigenvalue weighted by Crippen LogP contribution is -2.49. The lowest BCUT2D eigenvalue weighted by Gasteiger charge is -2.46. The lowest BCUT2D eigenvalue weighted by molar-refractivity contribution is -0.0309.